The van der Waals surface area contributed by atoms with Gasteiger partial charge in [0.15, 0.2) is 0 Å². The fourth-order valence-corrected chi connectivity index (χ4v) is 7.46. The summed E-state index contributed by atoms with van der Waals surface area (Å²) in [7, 11) is 7.97. The minimum atomic E-state index is -0.397. The van der Waals surface area contributed by atoms with E-state index in [2.05, 4.69) is 10.8 Å². The van der Waals surface area contributed by atoms with E-state index in [1.54, 1.807) is 96.5 Å². The number of benzene rings is 8. The van der Waals surface area contributed by atoms with Crippen LogP contribution in [0.4, 0.5) is 0 Å². The molecule has 0 unspecified atom stereocenters. The van der Waals surface area contributed by atoms with E-state index in [0.29, 0.717) is 78.8 Å². The van der Waals surface area contributed by atoms with Crippen LogP contribution in [0, 0.1) is 11.3 Å². The predicted molar refractivity (Wildman–Crippen MR) is 298 cm³/mol. The van der Waals surface area contributed by atoms with Crippen LogP contribution in [0.15, 0.2) is 194 Å². The predicted octanol–water partition coefficient (Wildman–Crippen LogP) is 10.7. The first-order valence-corrected chi connectivity index (χ1v) is 24.6. The number of carbonyl (C=O) groups excluding carboxylic acids is 5. The fraction of sp³-hybridized carbons (Fsp3) is 0.175. The standard InChI is InChI=1S/C22H21NO4.C21H18N2O2.C20H21NO4/c1-23(21(24)16-6-4-3-5-7-16)12-13-27-20-11-10-17-14-19(22(25)26-2)9-8-18(17)15-20;1-23(21(24)17-5-3-2-4-6-17)11-12-25-20-10-9-18-13-16(15-22)7-8-19(18)14-20;1-21(20(23)17-6-4-3-5-7-17)14-15-25-18-11-8-16(9-12-18)10-13-19(22)24-2/h3-11,14-15H,12-13H2,1-2H3;2-10,13-14H,11-12H2,1H3;3-13H,14-15H2,1-2H3/b;;13-10+. The van der Waals surface area contributed by atoms with Crippen LogP contribution in [0.3, 0.4) is 0 Å². The van der Waals surface area contributed by atoms with E-state index in [-0.39, 0.29) is 23.7 Å². The highest BCUT2D eigenvalue weighted by Crippen LogP contribution is 2.24. The average molecular weight is 1030 g/mol. The quantitative estimate of drug-likeness (QED) is 0.0593. The summed E-state index contributed by atoms with van der Waals surface area (Å²) in [6, 6.07) is 59.3. The first kappa shape index (κ1) is 56.6. The fourth-order valence-electron chi connectivity index (χ4n) is 7.46. The first-order chi connectivity index (χ1) is 37.3. The van der Waals surface area contributed by atoms with Crippen molar-refractivity contribution in [2.75, 3.05) is 74.8 Å². The average Bonchev–Trinajstić information content (AvgIpc) is 3.48. The van der Waals surface area contributed by atoms with Gasteiger partial charge in [0.25, 0.3) is 17.7 Å². The van der Waals surface area contributed by atoms with Gasteiger partial charge in [-0.3, -0.25) is 14.4 Å². The Labute approximate surface area is 448 Å². The summed E-state index contributed by atoms with van der Waals surface area (Å²) in [4.78, 5) is 64.4. The molecule has 0 heterocycles. The number of hydrogen-bond donors (Lipinski definition) is 0. The van der Waals surface area contributed by atoms with E-state index in [1.165, 1.54) is 20.3 Å². The number of hydrogen-bond acceptors (Lipinski definition) is 11. The number of esters is 2. The van der Waals surface area contributed by atoms with Crippen molar-refractivity contribution in [1.29, 1.82) is 5.26 Å². The summed E-state index contributed by atoms with van der Waals surface area (Å²) < 4.78 is 26.5. The molecule has 14 nitrogen and oxygen atoms in total. The zero-order chi connectivity index (χ0) is 54.9. The Morgan fingerprint density at radius 1 is 0.442 bits per heavy atom. The van der Waals surface area contributed by atoms with Crippen molar-refractivity contribution in [2.24, 2.45) is 0 Å². The molecule has 0 aliphatic heterocycles. The molecule has 8 aromatic rings. The second-order valence-electron chi connectivity index (χ2n) is 17.3. The molecule has 0 N–H and O–H groups in total. The number of likely N-dealkylation sites (N-methyl/N-ethyl adjacent to an activating group) is 3. The van der Waals surface area contributed by atoms with Crippen molar-refractivity contribution in [2.45, 2.75) is 0 Å². The lowest BCUT2D eigenvalue weighted by atomic mass is 10.1. The molecule has 8 rings (SSSR count). The SMILES string of the molecule is CN(CCOc1ccc2cc(C#N)ccc2c1)C(=O)c1ccccc1.COC(=O)/C=C/c1ccc(OCCN(C)C(=O)c2ccccc2)cc1.COC(=O)c1ccc2cc(OCCN(C)C(=O)c3ccccc3)ccc2c1. The van der Waals surface area contributed by atoms with Gasteiger partial charge < -0.3 is 38.4 Å². The van der Waals surface area contributed by atoms with Crippen molar-refractivity contribution in [3.05, 3.63) is 228 Å². The van der Waals surface area contributed by atoms with Crippen LogP contribution in [0.2, 0.25) is 0 Å². The van der Waals surface area contributed by atoms with Crippen LogP contribution in [0.1, 0.15) is 52.6 Å². The summed E-state index contributed by atoms with van der Waals surface area (Å²) in [6.07, 6.45) is 3.03. The Morgan fingerprint density at radius 2 is 0.831 bits per heavy atom. The van der Waals surface area contributed by atoms with Gasteiger partial charge in [0.1, 0.15) is 37.1 Å². The van der Waals surface area contributed by atoms with Crippen LogP contribution in [-0.2, 0) is 14.3 Å². The minimum absolute atomic E-state index is 0.0215. The molecular weight excluding hydrogens is 973 g/mol. The molecule has 8 aromatic carbocycles. The van der Waals surface area contributed by atoms with E-state index in [4.69, 9.17) is 24.2 Å². The van der Waals surface area contributed by atoms with Crippen LogP contribution >= 0.6 is 0 Å². The Kier molecular flexibility index (Phi) is 21.5. The Morgan fingerprint density at radius 3 is 1.26 bits per heavy atom. The smallest absolute Gasteiger partial charge is 0.337 e. The lowest BCUT2D eigenvalue weighted by Gasteiger charge is -2.17. The van der Waals surface area contributed by atoms with Crippen LogP contribution in [0.25, 0.3) is 27.6 Å². The van der Waals surface area contributed by atoms with Crippen LogP contribution < -0.4 is 14.2 Å². The third kappa shape index (κ3) is 17.4. The zero-order valence-electron chi connectivity index (χ0n) is 43.7. The van der Waals surface area contributed by atoms with E-state index >= 15 is 0 Å². The zero-order valence-corrected chi connectivity index (χ0v) is 43.7. The Hall–Kier alpha value is -9.74. The summed E-state index contributed by atoms with van der Waals surface area (Å²) >= 11 is 0. The van der Waals surface area contributed by atoms with Gasteiger partial charge in [-0.25, -0.2) is 9.59 Å². The number of rotatable bonds is 18. The van der Waals surface area contributed by atoms with E-state index in [0.717, 1.165) is 32.9 Å². The molecular formula is C63H60N4O10. The van der Waals surface area contributed by atoms with Crippen LogP contribution in [-0.4, -0.2) is 119 Å². The van der Waals surface area contributed by atoms with Gasteiger partial charge in [-0.1, -0.05) is 91.0 Å². The van der Waals surface area contributed by atoms with Crippen LogP contribution in [0.5, 0.6) is 17.2 Å². The summed E-state index contributed by atoms with van der Waals surface area (Å²) in [5, 5.41) is 12.9. The molecule has 0 atom stereocenters. The first-order valence-electron chi connectivity index (χ1n) is 24.6. The normalized spacial score (nSPS) is 10.4. The molecule has 77 heavy (non-hydrogen) atoms. The highest BCUT2D eigenvalue weighted by molar-refractivity contribution is 5.97. The number of amides is 3. The molecule has 0 saturated heterocycles. The maximum absolute atomic E-state index is 12.3. The highest BCUT2D eigenvalue weighted by Gasteiger charge is 2.14. The molecule has 0 saturated carbocycles. The Balaban J connectivity index is 0.000000187. The Bertz CT molecular complexity index is 3310. The molecule has 0 fully saturated rings. The second kappa shape index (κ2) is 29.2. The third-order valence-electron chi connectivity index (χ3n) is 11.9. The monoisotopic (exact) mass is 1030 g/mol. The number of carbonyl (C=O) groups is 5. The molecule has 0 aliphatic carbocycles. The molecule has 0 aliphatic rings. The van der Waals surface area contributed by atoms with Gasteiger partial charge in [0, 0.05) is 43.9 Å². The lowest BCUT2D eigenvalue weighted by Crippen LogP contribution is -2.30. The number of nitrogens with zero attached hydrogens (tertiary/aromatic N) is 4. The van der Waals surface area contributed by atoms with Crippen molar-refractivity contribution in [1.82, 2.24) is 14.7 Å². The summed E-state index contributed by atoms with van der Waals surface area (Å²) in [5.41, 5.74) is 4.01. The third-order valence-corrected chi connectivity index (χ3v) is 11.9. The van der Waals surface area contributed by atoms with E-state index < -0.39 is 5.97 Å². The van der Waals surface area contributed by atoms with Gasteiger partial charge in [0.2, 0.25) is 0 Å². The van der Waals surface area contributed by atoms with Gasteiger partial charge in [-0.2, -0.15) is 5.26 Å². The minimum Gasteiger partial charge on any atom is -0.492 e. The number of ether oxygens (including phenoxy) is 5. The molecule has 0 aromatic heterocycles. The van der Waals surface area contributed by atoms with Gasteiger partial charge >= 0.3 is 11.9 Å². The summed E-state index contributed by atoms with van der Waals surface area (Å²) in [5.74, 6) is 1.32. The number of fused-ring (bicyclic) bond motifs is 2. The topological polar surface area (TPSA) is 165 Å². The largest absolute Gasteiger partial charge is 0.492 e. The van der Waals surface area contributed by atoms with Crippen molar-refractivity contribution in [3.8, 4) is 23.3 Å². The van der Waals surface area contributed by atoms with Gasteiger partial charge in [-0.05, 0) is 130 Å². The molecule has 0 bridgehead atoms. The molecule has 0 radical (unpaired) electrons. The maximum atomic E-state index is 12.3. The molecule has 0 spiro atoms. The molecule has 392 valence electrons. The van der Waals surface area contributed by atoms with E-state index in [9.17, 15) is 24.0 Å². The second-order valence-corrected chi connectivity index (χ2v) is 17.3. The number of nitriles is 1. The van der Waals surface area contributed by atoms with Crippen molar-refractivity contribution in [3.63, 3.8) is 0 Å². The highest BCUT2D eigenvalue weighted by atomic mass is 16.5. The molecule has 14 heteroatoms. The van der Waals surface area contributed by atoms with E-state index in [1.807, 2.05) is 133 Å². The van der Waals surface area contributed by atoms with Gasteiger partial charge in [-0.15, -0.1) is 0 Å². The summed E-state index contributed by atoms with van der Waals surface area (Å²) in [6.45, 7) is 2.66. The molecule has 3 amide bonds. The maximum Gasteiger partial charge on any atom is 0.337 e. The number of methoxy groups -OCH3 is 2. The van der Waals surface area contributed by atoms with Gasteiger partial charge in [0.05, 0.1) is 51.0 Å². The van der Waals surface area contributed by atoms with Crippen molar-refractivity contribution < 1.29 is 47.7 Å². The lowest BCUT2D eigenvalue weighted by molar-refractivity contribution is -0.134. The van der Waals surface area contributed by atoms with Crippen molar-refractivity contribution >= 4 is 57.3 Å².